The molecule has 21 heavy (non-hydrogen) atoms. The van der Waals surface area contributed by atoms with Crippen LogP contribution in [0.2, 0.25) is 0 Å². The van der Waals surface area contributed by atoms with Crippen LogP contribution < -0.4 is 10.5 Å². The quantitative estimate of drug-likeness (QED) is 0.735. The lowest BCUT2D eigenvalue weighted by Gasteiger charge is -2.12. The molecule has 8 heteroatoms. The summed E-state index contributed by atoms with van der Waals surface area (Å²) < 4.78 is 27.1. The van der Waals surface area contributed by atoms with Gasteiger partial charge in [-0.15, -0.1) is 0 Å². The molecule has 4 N–H and O–H groups in total. The highest BCUT2D eigenvalue weighted by Crippen LogP contribution is 2.23. The van der Waals surface area contributed by atoms with E-state index in [1.807, 2.05) is 0 Å². The highest BCUT2D eigenvalue weighted by molar-refractivity contribution is 7.92. The van der Waals surface area contributed by atoms with Gasteiger partial charge in [0.1, 0.15) is 4.90 Å². The van der Waals surface area contributed by atoms with Gasteiger partial charge in [0.2, 0.25) is 0 Å². The third-order valence-corrected chi connectivity index (χ3v) is 4.20. The SMILES string of the molecule is Cc1cnccc1NS(=O)(=O)c1cc(N)ccc1C(=O)O. The third kappa shape index (κ3) is 3.11. The first-order valence-electron chi connectivity index (χ1n) is 5.87. The first-order valence-corrected chi connectivity index (χ1v) is 7.36. The molecular weight excluding hydrogens is 294 g/mol. The molecular formula is C13H13N3O4S. The number of aryl methyl sites for hydroxylation is 1. The molecule has 0 radical (unpaired) electrons. The van der Waals surface area contributed by atoms with E-state index < -0.39 is 16.0 Å². The summed E-state index contributed by atoms with van der Waals surface area (Å²) in [6.07, 6.45) is 2.93. The number of nitrogens with one attached hydrogen (secondary N) is 1. The van der Waals surface area contributed by atoms with Crippen LogP contribution in [0, 0.1) is 6.92 Å². The van der Waals surface area contributed by atoms with Crippen LogP contribution in [0.15, 0.2) is 41.6 Å². The minimum absolute atomic E-state index is 0.159. The van der Waals surface area contributed by atoms with Gasteiger partial charge in [-0.25, -0.2) is 13.2 Å². The van der Waals surface area contributed by atoms with Crippen molar-refractivity contribution in [2.45, 2.75) is 11.8 Å². The number of carboxylic acid groups (broad SMARTS) is 1. The molecule has 1 aromatic carbocycles. The molecule has 2 rings (SSSR count). The number of carboxylic acids is 1. The average molecular weight is 307 g/mol. The lowest BCUT2D eigenvalue weighted by Crippen LogP contribution is -2.18. The zero-order valence-corrected chi connectivity index (χ0v) is 11.9. The van der Waals surface area contributed by atoms with Crippen LogP contribution in [-0.4, -0.2) is 24.5 Å². The first-order chi connectivity index (χ1) is 9.81. The van der Waals surface area contributed by atoms with Gasteiger partial charge < -0.3 is 10.8 Å². The molecule has 0 atom stereocenters. The number of hydrogen-bond acceptors (Lipinski definition) is 5. The molecule has 0 fully saturated rings. The number of sulfonamides is 1. The average Bonchev–Trinajstić information content (AvgIpc) is 2.41. The van der Waals surface area contributed by atoms with Gasteiger partial charge in [-0.1, -0.05) is 0 Å². The molecule has 0 aliphatic rings. The smallest absolute Gasteiger partial charge is 0.337 e. The molecule has 0 amide bonds. The number of nitrogens with zero attached hydrogens (tertiary/aromatic N) is 1. The first kappa shape index (κ1) is 14.8. The summed E-state index contributed by atoms with van der Waals surface area (Å²) in [5.74, 6) is -1.35. The summed E-state index contributed by atoms with van der Waals surface area (Å²) in [4.78, 5) is 14.6. The van der Waals surface area contributed by atoms with E-state index in [4.69, 9.17) is 10.8 Å². The molecule has 0 saturated heterocycles. The standard InChI is InChI=1S/C13H13N3O4S/c1-8-7-15-5-4-11(8)16-21(19,20)12-6-9(14)2-3-10(12)13(17)18/h2-7H,14H2,1H3,(H,15,16)(H,17,18). The van der Waals surface area contributed by atoms with Crippen molar-refractivity contribution in [2.75, 3.05) is 10.5 Å². The number of rotatable bonds is 4. The lowest BCUT2D eigenvalue weighted by molar-refractivity contribution is 0.0692. The van der Waals surface area contributed by atoms with Gasteiger partial charge in [0, 0.05) is 18.1 Å². The molecule has 0 saturated carbocycles. The van der Waals surface area contributed by atoms with Gasteiger partial charge in [0.25, 0.3) is 10.0 Å². The summed E-state index contributed by atoms with van der Waals surface area (Å²) >= 11 is 0. The van der Waals surface area contributed by atoms with E-state index in [1.54, 1.807) is 6.92 Å². The molecule has 0 unspecified atom stereocenters. The maximum absolute atomic E-state index is 12.4. The summed E-state index contributed by atoms with van der Waals surface area (Å²) in [5.41, 5.74) is 6.30. The summed E-state index contributed by atoms with van der Waals surface area (Å²) in [5, 5.41) is 9.10. The number of aromatic carboxylic acids is 1. The van der Waals surface area contributed by atoms with Crippen molar-refractivity contribution in [1.82, 2.24) is 4.98 Å². The van der Waals surface area contributed by atoms with E-state index in [0.717, 1.165) is 12.1 Å². The topological polar surface area (TPSA) is 122 Å². The van der Waals surface area contributed by atoms with Crippen LogP contribution in [0.25, 0.3) is 0 Å². The van der Waals surface area contributed by atoms with Crippen molar-refractivity contribution in [3.05, 3.63) is 47.8 Å². The Morgan fingerprint density at radius 1 is 1.33 bits per heavy atom. The van der Waals surface area contributed by atoms with Crippen LogP contribution in [0.4, 0.5) is 11.4 Å². The van der Waals surface area contributed by atoms with Crippen molar-refractivity contribution in [3.8, 4) is 0 Å². The maximum atomic E-state index is 12.4. The highest BCUT2D eigenvalue weighted by atomic mass is 32.2. The summed E-state index contributed by atoms with van der Waals surface area (Å²) in [6.45, 7) is 1.68. The Labute approximate surface area is 121 Å². The Balaban J connectivity index is 2.52. The Morgan fingerprint density at radius 3 is 2.67 bits per heavy atom. The fourth-order valence-electron chi connectivity index (χ4n) is 1.73. The van der Waals surface area contributed by atoms with Gasteiger partial charge in [-0.2, -0.15) is 0 Å². The maximum Gasteiger partial charge on any atom is 0.337 e. The molecule has 0 bridgehead atoms. The zero-order valence-electron chi connectivity index (χ0n) is 11.1. The van der Waals surface area contributed by atoms with E-state index in [2.05, 4.69) is 9.71 Å². The summed E-state index contributed by atoms with van der Waals surface area (Å²) in [6, 6.07) is 5.09. The molecule has 1 aromatic heterocycles. The van der Waals surface area contributed by atoms with Crippen molar-refractivity contribution >= 4 is 27.4 Å². The predicted molar refractivity (Wildman–Crippen MR) is 77.6 cm³/mol. The van der Waals surface area contributed by atoms with Crippen LogP contribution >= 0.6 is 0 Å². The number of pyridine rings is 1. The van der Waals surface area contributed by atoms with Gasteiger partial charge in [-0.3, -0.25) is 9.71 Å². The van der Waals surface area contributed by atoms with E-state index in [0.29, 0.717) is 11.3 Å². The number of aromatic nitrogens is 1. The number of benzene rings is 1. The normalized spacial score (nSPS) is 11.1. The van der Waals surface area contributed by atoms with Crippen molar-refractivity contribution in [1.29, 1.82) is 0 Å². The van der Waals surface area contributed by atoms with Crippen molar-refractivity contribution < 1.29 is 18.3 Å². The minimum Gasteiger partial charge on any atom is -0.478 e. The summed E-state index contributed by atoms with van der Waals surface area (Å²) in [7, 11) is -4.07. The van der Waals surface area contributed by atoms with Crippen LogP contribution in [-0.2, 0) is 10.0 Å². The van der Waals surface area contributed by atoms with Crippen molar-refractivity contribution in [2.24, 2.45) is 0 Å². The fourth-order valence-corrected chi connectivity index (χ4v) is 3.09. The number of anilines is 2. The molecule has 7 nitrogen and oxygen atoms in total. The molecule has 2 aromatic rings. The Morgan fingerprint density at radius 2 is 2.05 bits per heavy atom. The van der Waals surface area contributed by atoms with E-state index in [1.165, 1.54) is 24.5 Å². The lowest BCUT2D eigenvalue weighted by atomic mass is 10.2. The molecule has 110 valence electrons. The van der Waals surface area contributed by atoms with Gasteiger partial charge in [-0.05, 0) is 36.8 Å². The number of nitrogen functional groups attached to an aromatic ring is 1. The van der Waals surface area contributed by atoms with Crippen LogP contribution in [0.5, 0.6) is 0 Å². The van der Waals surface area contributed by atoms with E-state index in [-0.39, 0.29) is 16.1 Å². The molecule has 0 aliphatic carbocycles. The second-order valence-corrected chi connectivity index (χ2v) is 6.01. The largest absolute Gasteiger partial charge is 0.478 e. The number of hydrogen-bond donors (Lipinski definition) is 3. The van der Waals surface area contributed by atoms with Crippen molar-refractivity contribution in [3.63, 3.8) is 0 Å². The van der Waals surface area contributed by atoms with E-state index in [9.17, 15) is 13.2 Å². The monoisotopic (exact) mass is 307 g/mol. The molecule has 0 aliphatic heterocycles. The van der Waals surface area contributed by atoms with Gasteiger partial charge in [0.05, 0.1) is 11.3 Å². The number of carbonyl (C=O) groups is 1. The Kier molecular flexibility index (Phi) is 3.81. The van der Waals surface area contributed by atoms with Gasteiger partial charge in [0.15, 0.2) is 0 Å². The van der Waals surface area contributed by atoms with Crippen LogP contribution in [0.1, 0.15) is 15.9 Å². The third-order valence-electron chi connectivity index (χ3n) is 2.79. The van der Waals surface area contributed by atoms with E-state index >= 15 is 0 Å². The van der Waals surface area contributed by atoms with Crippen LogP contribution in [0.3, 0.4) is 0 Å². The Bertz CT molecular complexity index is 803. The Hall–Kier alpha value is -2.61. The second kappa shape index (κ2) is 5.41. The predicted octanol–water partition coefficient (Wildman–Crippen LogP) is 1.47. The second-order valence-electron chi connectivity index (χ2n) is 4.36. The molecule has 1 heterocycles. The molecule has 0 spiro atoms. The number of nitrogens with two attached hydrogens (primary N) is 1. The zero-order chi connectivity index (χ0) is 15.6. The van der Waals surface area contributed by atoms with Gasteiger partial charge >= 0.3 is 5.97 Å². The highest BCUT2D eigenvalue weighted by Gasteiger charge is 2.23. The minimum atomic E-state index is -4.07. The fraction of sp³-hybridized carbons (Fsp3) is 0.0769.